The summed E-state index contributed by atoms with van der Waals surface area (Å²) in [7, 11) is 0. The Balaban J connectivity index is 2.31. The second kappa shape index (κ2) is 4.44. The van der Waals surface area contributed by atoms with Gasteiger partial charge in [-0.3, -0.25) is 0 Å². The van der Waals surface area contributed by atoms with E-state index >= 15 is 0 Å². The van der Waals surface area contributed by atoms with Crippen LogP contribution in [0.2, 0.25) is 8.67 Å². The van der Waals surface area contributed by atoms with Gasteiger partial charge in [-0.1, -0.05) is 23.2 Å². The average molecular weight is 278 g/mol. The van der Waals surface area contributed by atoms with Gasteiger partial charge in [0.1, 0.15) is 0 Å². The third-order valence-electron chi connectivity index (χ3n) is 2.08. The van der Waals surface area contributed by atoms with Crippen molar-refractivity contribution in [1.29, 1.82) is 0 Å². The van der Waals surface area contributed by atoms with Crippen LogP contribution < -0.4 is 5.73 Å². The highest BCUT2D eigenvalue weighted by Gasteiger charge is 2.14. The van der Waals surface area contributed by atoms with Crippen LogP contribution >= 0.6 is 45.9 Å². The molecular weight excluding hydrogens is 269 g/mol. The van der Waals surface area contributed by atoms with Crippen molar-refractivity contribution in [3.8, 4) is 0 Å². The van der Waals surface area contributed by atoms with E-state index in [-0.39, 0.29) is 6.04 Å². The summed E-state index contributed by atoms with van der Waals surface area (Å²) in [5, 5.41) is 0. The molecule has 2 aromatic rings. The molecule has 0 spiro atoms. The van der Waals surface area contributed by atoms with Crippen molar-refractivity contribution in [1.82, 2.24) is 0 Å². The number of halogens is 2. The van der Waals surface area contributed by atoms with Crippen molar-refractivity contribution in [2.75, 3.05) is 0 Å². The van der Waals surface area contributed by atoms with Gasteiger partial charge in [0.15, 0.2) is 0 Å². The summed E-state index contributed by atoms with van der Waals surface area (Å²) in [6.45, 7) is 1.98. The molecule has 1 unspecified atom stereocenters. The fraction of sp³-hybridized carbons (Fsp3) is 0.200. The summed E-state index contributed by atoms with van der Waals surface area (Å²) in [6.07, 6.45) is 0. The lowest BCUT2D eigenvalue weighted by Crippen LogP contribution is -2.07. The second-order valence-electron chi connectivity index (χ2n) is 3.23. The Morgan fingerprint density at radius 2 is 1.93 bits per heavy atom. The molecular formula is C10H9Cl2NS2. The molecule has 0 amide bonds. The van der Waals surface area contributed by atoms with Gasteiger partial charge < -0.3 is 5.73 Å². The highest BCUT2D eigenvalue weighted by Crippen LogP contribution is 2.35. The van der Waals surface area contributed by atoms with Gasteiger partial charge in [0.2, 0.25) is 0 Å². The Morgan fingerprint density at radius 1 is 1.20 bits per heavy atom. The summed E-state index contributed by atoms with van der Waals surface area (Å²) in [5.41, 5.74) is 7.19. The van der Waals surface area contributed by atoms with Crippen LogP contribution in [0.5, 0.6) is 0 Å². The Labute approximate surface area is 106 Å². The topological polar surface area (TPSA) is 26.0 Å². The van der Waals surface area contributed by atoms with Crippen LogP contribution in [0.3, 0.4) is 0 Å². The van der Waals surface area contributed by atoms with Gasteiger partial charge in [-0.2, -0.15) is 0 Å². The van der Waals surface area contributed by atoms with E-state index in [4.69, 9.17) is 28.9 Å². The van der Waals surface area contributed by atoms with E-state index < -0.39 is 0 Å². The number of nitrogens with two attached hydrogens (primary N) is 1. The fourth-order valence-electron chi connectivity index (χ4n) is 1.27. The molecule has 2 heterocycles. The fourth-order valence-corrected chi connectivity index (χ4v) is 3.67. The summed E-state index contributed by atoms with van der Waals surface area (Å²) in [5.74, 6) is 0. The van der Waals surface area contributed by atoms with Crippen LogP contribution in [0.15, 0.2) is 18.2 Å². The lowest BCUT2D eigenvalue weighted by atomic mass is 10.2. The number of hydrogen-bond donors (Lipinski definition) is 1. The molecule has 0 aliphatic rings. The Kier molecular flexibility index (Phi) is 3.38. The zero-order valence-electron chi connectivity index (χ0n) is 7.96. The van der Waals surface area contributed by atoms with Gasteiger partial charge in [-0.15, -0.1) is 22.7 Å². The van der Waals surface area contributed by atoms with Crippen molar-refractivity contribution < 1.29 is 0 Å². The molecule has 0 saturated heterocycles. The van der Waals surface area contributed by atoms with E-state index in [1.807, 2.05) is 25.1 Å². The van der Waals surface area contributed by atoms with Crippen LogP contribution in [-0.4, -0.2) is 0 Å². The van der Waals surface area contributed by atoms with Crippen molar-refractivity contribution in [2.45, 2.75) is 13.0 Å². The lowest BCUT2D eigenvalue weighted by Gasteiger charge is -2.05. The first-order valence-electron chi connectivity index (χ1n) is 4.34. The molecule has 0 bridgehead atoms. The smallest absolute Gasteiger partial charge is 0.0961 e. The van der Waals surface area contributed by atoms with E-state index in [1.165, 1.54) is 22.7 Å². The second-order valence-corrected chi connectivity index (χ2v) is 6.66. The first kappa shape index (κ1) is 11.4. The maximum atomic E-state index is 6.12. The van der Waals surface area contributed by atoms with Crippen molar-refractivity contribution in [3.05, 3.63) is 42.2 Å². The SMILES string of the molecule is Cc1cc(C(N)c2ccc(Cl)s2)sc1Cl. The normalized spacial score (nSPS) is 13.1. The highest BCUT2D eigenvalue weighted by molar-refractivity contribution is 7.17. The predicted octanol–water partition coefficient (Wildman–Crippen LogP) is 4.47. The number of hydrogen-bond acceptors (Lipinski definition) is 3. The number of rotatable bonds is 2. The van der Waals surface area contributed by atoms with Crippen LogP contribution in [0.25, 0.3) is 0 Å². The molecule has 0 saturated carbocycles. The van der Waals surface area contributed by atoms with Crippen molar-refractivity contribution in [2.24, 2.45) is 5.73 Å². The molecule has 0 aliphatic heterocycles. The Hall–Kier alpha value is -0.0600. The third-order valence-corrected chi connectivity index (χ3v) is 5.04. The van der Waals surface area contributed by atoms with E-state index in [0.717, 1.165) is 24.0 Å². The number of thiophene rings is 2. The van der Waals surface area contributed by atoms with Crippen LogP contribution in [0.4, 0.5) is 0 Å². The molecule has 0 aliphatic carbocycles. The van der Waals surface area contributed by atoms with Gasteiger partial charge in [0.25, 0.3) is 0 Å². The van der Waals surface area contributed by atoms with Gasteiger partial charge in [0.05, 0.1) is 14.7 Å². The number of aryl methyl sites for hydroxylation is 1. The minimum Gasteiger partial charge on any atom is -0.319 e. The molecule has 2 N–H and O–H groups in total. The summed E-state index contributed by atoms with van der Waals surface area (Å²) in [4.78, 5) is 2.15. The van der Waals surface area contributed by atoms with E-state index in [9.17, 15) is 0 Å². The van der Waals surface area contributed by atoms with E-state index in [1.54, 1.807) is 0 Å². The van der Waals surface area contributed by atoms with Crippen LogP contribution in [0.1, 0.15) is 21.4 Å². The maximum absolute atomic E-state index is 6.12. The summed E-state index contributed by atoms with van der Waals surface area (Å²) < 4.78 is 1.57. The quantitative estimate of drug-likeness (QED) is 0.861. The highest BCUT2D eigenvalue weighted by atomic mass is 35.5. The zero-order chi connectivity index (χ0) is 11.0. The summed E-state index contributed by atoms with van der Waals surface area (Å²) in [6, 6.07) is 5.74. The first-order chi connectivity index (χ1) is 7.08. The zero-order valence-corrected chi connectivity index (χ0v) is 11.1. The van der Waals surface area contributed by atoms with Crippen molar-refractivity contribution in [3.63, 3.8) is 0 Å². The average Bonchev–Trinajstić information content (AvgIpc) is 2.74. The standard InChI is InChI=1S/C10H9Cl2NS2/c1-5-4-7(15-10(5)12)9(13)6-2-3-8(11)14-6/h2-4,9H,13H2,1H3. The molecule has 80 valence electrons. The largest absolute Gasteiger partial charge is 0.319 e. The molecule has 5 heteroatoms. The van der Waals surface area contributed by atoms with Gasteiger partial charge in [-0.05, 0) is 30.7 Å². The van der Waals surface area contributed by atoms with Crippen LogP contribution in [-0.2, 0) is 0 Å². The Bertz CT molecular complexity index is 456. The minimum absolute atomic E-state index is 0.112. The van der Waals surface area contributed by atoms with Crippen molar-refractivity contribution >= 4 is 45.9 Å². The predicted molar refractivity (Wildman–Crippen MR) is 69.4 cm³/mol. The van der Waals surface area contributed by atoms with E-state index in [2.05, 4.69) is 0 Å². The molecule has 1 atom stereocenters. The molecule has 15 heavy (non-hydrogen) atoms. The lowest BCUT2D eigenvalue weighted by molar-refractivity contribution is 0.916. The van der Waals surface area contributed by atoms with Gasteiger partial charge >= 0.3 is 0 Å². The first-order valence-corrected chi connectivity index (χ1v) is 6.73. The molecule has 1 nitrogen and oxygen atoms in total. The van der Waals surface area contributed by atoms with Crippen LogP contribution in [0, 0.1) is 6.92 Å². The molecule has 0 fully saturated rings. The third kappa shape index (κ3) is 2.37. The molecule has 2 rings (SSSR count). The minimum atomic E-state index is -0.112. The van der Waals surface area contributed by atoms with Gasteiger partial charge in [-0.25, -0.2) is 0 Å². The molecule has 2 aromatic heterocycles. The maximum Gasteiger partial charge on any atom is 0.0961 e. The summed E-state index contributed by atoms with van der Waals surface area (Å²) >= 11 is 14.9. The molecule has 0 radical (unpaired) electrons. The molecule has 0 aromatic carbocycles. The Morgan fingerprint density at radius 3 is 2.40 bits per heavy atom. The monoisotopic (exact) mass is 277 g/mol. The van der Waals surface area contributed by atoms with E-state index in [0.29, 0.717) is 0 Å². The van der Waals surface area contributed by atoms with Gasteiger partial charge in [0, 0.05) is 9.75 Å².